The SMILES string of the molecule is CCCCC=N.[H-].[Li+]. The van der Waals surface area contributed by atoms with Crippen molar-refractivity contribution in [1.82, 2.24) is 0 Å². The van der Waals surface area contributed by atoms with Crippen molar-refractivity contribution in [2.75, 3.05) is 0 Å². The van der Waals surface area contributed by atoms with Crippen LogP contribution in [0.4, 0.5) is 0 Å². The van der Waals surface area contributed by atoms with E-state index in [0.29, 0.717) is 0 Å². The summed E-state index contributed by atoms with van der Waals surface area (Å²) in [6.45, 7) is 2.13. The van der Waals surface area contributed by atoms with Crippen LogP contribution in [-0.2, 0) is 0 Å². The molecule has 1 N–H and O–H groups in total. The monoisotopic (exact) mass is 93.1 g/mol. The molecule has 0 aliphatic heterocycles. The second-order valence-corrected chi connectivity index (χ2v) is 1.35. The van der Waals surface area contributed by atoms with E-state index in [0.717, 1.165) is 6.42 Å². The Morgan fingerprint density at radius 1 is 1.71 bits per heavy atom. The fourth-order valence-corrected chi connectivity index (χ4v) is 0.306. The molecule has 0 rings (SSSR count). The topological polar surface area (TPSA) is 23.9 Å². The number of unbranched alkanes of at least 4 members (excludes halogenated alkanes) is 2. The Balaban J connectivity index is -0.000000125. The van der Waals surface area contributed by atoms with Crippen molar-refractivity contribution in [3.05, 3.63) is 0 Å². The summed E-state index contributed by atoms with van der Waals surface area (Å²) in [6.07, 6.45) is 4.79. The maximum absolute atomic E-state index is 6.58. The summed E-state index contributed by atoms with van der Waals surface area (Å²) in [5.41, 5.74) is 0. The third-order valence-electron chi connectivity index (χ3n) is 0.702. The van der Waals surface area contributed by atoms with E-state index in [1.54, 1.807) is 0 Å². The standard InChI is InChI=1S/C5H11N.Li.H/c1-2-3-4-5-6;;/h5-6H,2-4H2,1H3;;/q;+1;-1. The van der Waals surface area contributed by atoms with Gasteiger partial charge in [0.1, 0.15) is 0 Å². The molecule has 0 aliphatic carbocycles. The van der Waals surface area contributed by atoms with Crippen LogP contribution in [0.25, 0.3) is 0 Å². The van der Waals surface area contributed by atoms with Gasteiger partial charge in [0, 0.05) is 0 Å². The van der Waals surface area contributed by atoms with Crippen LogP contribution in [0, 0.1) is 5.41 Å². The molecule has 0 aromatic rings. The van der Waals surface area contributed by atoms with Gasteiger partial charge in [0.15, 0.2) is 0 Å². The molecular weight excluding hydrogens is 81.0 g/mol. The Hall–Kier alpha value is 0.267. The molecule has 0 aromatic carbocycles. The molecule has 0 atom stereocenters. The van der Waals surface area contributed by atoms with E-state index in [-0.39, 0.29) is 20.3 Å². The molecule has 0 heterocycles. The molecule has 0 aromatic heterocycles. The quantitative estimate of drug-likeness (QED) is 0.261. The zero-order valence-electron chi connectivity index (χ0n) is 6.20. The van der Waals surface area contributed by atoms with Crippen molar-refractivity contribution in [1.29, 1.82) is 5.41 Å². The number of hydrogen-bond donors (Lipinski definition) is 1. The first-order valence-corrected chi connectivity index (χ1v) is 2.40. The summed E-state index contributed by atoms with van der Waals surface area (Å²) in [6, 6.07) is 0. The predicted molar refractivity (Wildman–Crippen MR) is 29.4 cm³/mol. The van der Waals surface area contributed by atoms with Crippen molar-refractivity contribution in [2.24, 2.45) is 0 Å². The van der Waals surface area contributed by atoms with Gasteiger partial charge in [-0.15, -0.1) is 0 Å². The molecule has 0 radical (unpaired) electrons. The van der Waals surface area contributed by atoms with Crippen molar-refractivity contribution in [3.63, 3.8) is 0 Å². The van der Waals surface area contributed by atoms with Gasteiger partial charge in [0.05, 0.1) is 0 Å². The molecule has 0 amide bonds. The van der Waals surface area contributed by atoms with E-state index < -0.39 is 0 Å². The zero-order chi connectivity index (χ0) is 4.83. The van der Waals surface area contributed by atoms with Crippen LogP contribution in [0.2, 0.25) is 0 Å². The predicted octanol–water partition coefficient (Wildman–Crippen LogP) is -1.06. The van der Waals surface area contributed by atoms with Gasteiger partial charge >= 0.3 is 18.9 Å². The fraction of sp³-hybridized carbons (Fsp3) is 0.800. The van der Waals surface area contributed by atoms with Crippen LogP contribution in [0.15, 0.2) is 0 Å². The average Bonchev–Trinajstić information content (AvgIpc) is 1.61. The van der Waals surface area contributed by atoms with E-state index >= 15 is 0 Å². The van der Waals surface area contributed by atoms with Gasteiger partial charge in [0.25, 0.3) is 0 Å². The first-order valence-electron chi connectivity index (χ1n) is 2.40. The molecule has 0 saturated heterocycles. The van der Waals surface area contributed by atoms with Crippen LogP contribution < -0.4 is 18.9 Å². The van der Waals surface area contributed by atoms with E-state index in [2.05, 4.69) is 6.92 Å². The van der Waals surface area contributed by atoms with Crippen LogP contribution >= 0.6 is 0 Å². The third kappa shape index (κ3) is 10.7. The molecule has 0 spiro atoms. The second kappa shape index (κ2) is 9.55. The van der Waals surface area contributed by atoms with Crippen LogP contribution in [0.1, 0.15) is 27.6 Å². The number of nitrogens with one attached hydrogen (secondary N) is 1. The van der Waals surface area contributed by atoms with Crippen molar-refractivity contribution in [3.8, 4) is 0 Å². The molecule has 0 bridgehead atoms. The molecule has 0 unspecified atom stereocenters. The molecular formula is C5H12LiN. The largest absolute Gasteiger partial charge is 1.00 e. The summed E-state index contributed by atoms with van der Waals surface area (Å²) >= 11 is 0. The van der Waals surface area contributed by atoms with Crippen LogP contribution in [0.5, 0.6) is 0 Å². The minimum atomic E-state index is 0. The first kappa shape index (κ1) is 10.3. The third-order valence-corrected chi connectivity index (χ3v) is 0.702. The summed E-state index contributed by atoms with van der Waals surface area (Å²) < 4.78 is 0. The summed E-state index contributed by atoms with van der Waals surface area (Å²) in [7, 11) is 0. The molecule has 0 aliphatic rings. The number of hydrogen-bond acceptors (Lipinski definition) is 1. The van der Waals surface area contributed by atoms with Crippen molar-refractivity contribution >= 4 is 6.21 Å². The Bertz CT molecular complexity index is 41.4. The molecule has 2 heteroatoms. The zero-order valence-corrected chi connectivity index (χ0v) is 5.20. The summed E-state index contributed by atoms with van der Waals surface area (Å²) in [5.74, 6) is 0. The maximum atomic E-state index is 6.58. The Morgan fingerprint density at radius 2 is 2.29 bits per heavy atom. The summed E-state index contributed by atoms with van der Waals surface area (Å²) in [5, 5.41) is 6.58. The Kier molecular flexibility index (Phi) is 14.0. The van der Waals surface area contributed by atoms with Gasteiger partial charge in [0.2, 0.25) is 0 Å². The van der Waals surface area contributed by atoms with Gasteiger partial charge < -0.3 is 6.84 Å². The Morgan fingerprint density at radius 3 is 2.43 bits per heavy atom. The van der Waals surface area contributed by atoms with Gasteiger partial charge in [-0.25, -0.2) is 0 Å². The molecule has 0 fully saturated rings. The van der Waals surface area contributed by atoms with Gasteiger partial charge in [-0.05, 0) is 19.1 Å². The normalized spacial score (nSPS) is 7.00. The number of rotatable bonds is 3. The van der Waals surface area contributed by atoms with Crippen LogP contribution in [-0.4, -0.2) is 6.21 Å². The van der Waals surface area contributed by atoms with E-state index in [9.17, 15) is 0 Å². The van der Waals surface area contributed by atoms with E-state index in [1.165, 1.54) is 19.1 Å². The minimum Gasteiger partial charge on any atom is -1.00 e. The average molecular weight is 93.1 g/mol. The van der Waals surface area contributed by atoms with Gasteiger partial charge in [-0.3, -0.25) is 0 Å². The van der Waals surface area contributed by atoms with Crippen LogP contribution in [0.3, 0.4) is 0 Å². The Labute approximate surface area is 58.7 Å². The minimum absolute atomic E-state index is 0. The fourth-order valence-electron chi connectivity index (χ4n) is 0.306. The van der Waals surface area contributed by atoms with Crippen molar-refractivity contribution < 1.29 is 20.3 Å². The van der Waals surface area contributed by atoms with E-state index in [4.69, 9.17) is 5.41 Å². The van der Waals surface area contributed by atoms with Gasteiger partial charge in [-0.1, -0.05) is 13.3 Å². The molecule has 38 valence electrons. The maximum Gasteiger partial charge on any atom is 1.00 e. The molecule has 1 nitrogen and oxygen atoms in total. The second-order valence-electron chi connectivity index (χ2n) is 1.35. The molecule has 7 heavy (non-hydrogen) atoms. The van der Waals surface area contributed by atoms with Crippen molar-refractivity contribution in [2.45, 2.75) is 26.2 Å². The van der Waals surface area contributed by atoms with Gasteiger partial charge in [-0.2, -0.15) is 0 Å². The first-order chi connectivity index (χ1) is 2.91. The molecule has 0 saturated carbocycles. The smallest absolute Gasteiger partial charge is 1.00 e. The van der Waals surface area contributed by atoms with E-state index in [1.807, 2.05) is 0 Å². The summed E-state index contributed by atoms with van der Waals surface area (Å²) in [4.78, 5) is 0.